The molecule has 0 atom stereocenters. The lowest BCUT2D eigenvalue weighted by Gasteiger charge is -2.16. The number of imidazole rings is 1. The normalized spacial score (nSPS) is 14.7. The Hall–Kier alpha value is -1.99. The van der Waals surface area contributed by atoms with Gasteiger partial charge in [0.15, 0.2) is 0 Å². The molecule has 3 aromatic rings. The van der Waals surface area contributed by atoms with Crippen LogP contribution in [-0.2, 0) is 22.5 Å². The van der Waals surface area contributed by atoms with Crippen LogP contribution in [0.25, 0.3) is 21.9 Å². The van der Waals surface area contributed by atoms with Crippen LogP contribution in [0.15, 0.2) is 28.9 Å². The molecule has 0 unspecified atom stereocenters. The van der Waals surface area contributed by atoms with Gasteiger partial charge in [-0.1, -0.05) is 15.9 Å². The number of hydrogen-bond donors (Lipinski definition) is 0. The molecule has 4 rings (SSSR count). The van der Waals surface area contributed by atoms with Crippen LogP contribution in [0.1, 0.15) is 25.1 Å². The Labute approximate surface area is 166 Å². The highest BCUT2D eigenvalue weighted by Gasteiger charge is 2.20. The minimum absolute atomic E-state index is 0.282. The van der Waals surface area contributed by atoms with E-state index in [9.17, 15) is 4.79 Å². The third kappa shape index (κ3) is 3.71. The zero-order valence-corrected chi connectivity index (χ0v) is 17.0. The molecule has 0 bridgehead atoms. The number of aryl methyl sites for hydroxylation is 1. The summed E-state index contributed by atoms with van der Waals surface area (Å²) in [6, 6.07) is 6.17. The van der Waals surface area contributed by atoms with Crippen LogP contribution in [0.5, 0.6) is 0 Å². The maximum Gasteiger partial charge on any atom is 0.222 e. The zero-order chi connectivity index (χ0) is 18.8. The van der Waals surface area contributed by atoms with E-state index in [1.54, 1.807) is 7.11 Å². The van der Waals surface area contributed by atoms with Crippen LogP contribution < -0.4 is 0 Å². The largest absolute Gasteiger partial charge is 0.384 e. The molecule has 1 fully saturated rings. The first-order valence-electron chi connectivity index (χ1n) is 9.37. The van der Waals surface area contributed by atoms with Crippen LogP contribution in [0.4, 0.5) is 0 Å². The number of likely N-dealkylation sites (tertiary alicyclic amines) is 1. The summed E-state index contributed by atoms with van der Waals surface area (Å²) < 4.78 is 8.57. The van der Waals surface area contributed by atoms with Crippen LogP contribution in [0.3, 0.4) is 0 Å². The monoisotopic (exact) mass is 430 g/mol. The number of carbonyl (C=O) groups is 1. The first kappa shape index (κ1) is 18.4. The van der Waals surface area contributed by atoms with Crippen LogP contribution >= 0.6 is 15.9 Å². The number of hydrogen-bond acceptors (Lipinski definition) is 4. The van der Waals surface area contributed by atoms with Gasteiger partial charge in [0.2, 0.25) is 5.91 Å². The summed E-state index contributed by atoms with van der Waals surface area (Å²) >= 11 is 3.52. The minimum atomic E-state index is 0.282. The Kier molecular flexibility index (Phi) is 5.41. The van der Waals surface area contributed by atoms with E-state index in [4.69, 9.17) is 9.72 Å². The number of aromatic nitrogens is 3. The smallest absolute Gasteiger partial charge is 0.222 e. The van der Waals surface area contributed by atoms with Gasteiger partial charge < -0.3 is 14.2 Å². The fourth-order valence-corrected chi connectivity index (χ4v) is 4.17. The third-order valence-corrected chi connectivity index (χ3v) is 5.62. The topological polar surface area (TPSA) is 60.3 Å². The number of rotatable bonds is 7. The fraction of sp³-hybridized carbons (Fsp3) is 0.450. The molecule has 0 radical (unpaired) electrons. The van der Waals surface area contributed by atoms with E-state index in [2.05, 4.69) is 31.5 Å². The number of amides is 1. The molecule has 1 aromatic carbocycles. The van der Waals surface area contributed by atoms with E-state index in [1.165, 1.54) is 0 Å². The first-order valence-corrected chi connectivity index (χ1v) is 10.2. The lowest BCUT2D eigenvalue weighted by atomic mass is 10.2. The highest BCUT2D eigenvalue weighted by Crippen LogP contribution is 2.27. The SMILES string of the molecule is COCCc1nc2cnc3cc(Br)ccc3c2n1CCCN1CCCC1=O. The highest BCUT2D eigenvalue weighted by atomic mass is 79.9. The molecular weight excluding hydrogens is 408 g/mol. The van der Waals surface area contributed by atoms with Gasteiger partial charge in [0.25, 0.3) is 0 Å². The summed E-state index contributed by atoms with van der Waals surface area (Å²) in [5.74, 6) is 1.29. The molecule has 0 saturated carbocycles. The summed E-state index contributed by atoms with van der Waals surface area (Å²) in [6.45, 7) is 3.15. The van der Waals surface area contributed by atoms with Crippen molar-refractivity contribution in [2.75, 3.05) is 26.8 Å². The minimum Gasteiger partial charge on any atom is -0.384 e. The maximum absolute atomic E-state index is 11.9. The van der Waals surface area contributed by atoms with Crippen molar-refractivity contribution in [1.29, 1.82) is 0 Å². The van der Waals surface area contributed by atoms with Crippen LogP contribution in [-0.4, -0.2) is 52.1 Å². The van der Waals surface area contributed by atoms with Gasteiger partial charge in [0.1, 0.15) is 11.3 Å². The summed E-state index contributed by atoms with van der Waals surface area (Å²) in [5.41, 5.74) is 2.98. The maximum atomic E-state index is 11.9. The molecule has 7 heteroatoms. The number of benzene rings is 1. The number of fused-ring (bicyclic) bond motifs is 3. The number of carbonyl (C=O) groups excluding carboxylic acids is 1. The van der Waals surface area contributed by atoms with Gasteiger partial charge in [-0.15, -0.1) is 0 Å². The molecule has 142 valence electrons. The second-order valence-electron chi connectivity index (χ2n) is 6.91. The van der Waals surface area contributed by atoms with Crippen molar-refractivity contribution < 1.29 is 9.53 Å². The Morgan fingerprint density at radius 2 is 2.15 bits per heavy atom. The van der Waals surface area contributed by atoms with Crippen molar-refractivity contribution in [1.82, 2.24) is 19.4 Å². The number of ether oxygens (including phenoxy) is 1. The Morgan fingerprint density at radius 1 is 1.26 bits per heavy atom. The van der Waals surface area contributed by atoms with E-state index in [1.807, 2.05) is 23.2 Å². The lowest BCUT2D eigenvalue weighted by Crippen LogP contribution is -2.26. The Bertz CT molecular complexity index is 985. The zero-order valence-electron chi connectivity index (χ0n) is 15.4. The van der Waals surface area contributed by atoms with Gasteiger partial charge in [-0.2, -0.15) is 0 Å². The van der Waals surface area contributed by atoms with Gasteiger partial charge >= 0.3 is 0 Å². The van der Waals surface area contributed by atoms with Crippen molar-refractivity contribution in [2.45, 2.75) is 32.2 Å². The molecule has 3 heterocycles. The van der Waals surface area contributed by atoms with E-state index < -0.39 is 0 Å². The van der Waals surface area contributed by atoms with E-state index in [-0.39, 0.29) is 5.91 Å². The van der Waals surface area contributed by atoms with Gasteiger partial charge in [0.05, 0.1) is 23.8 Å². The van der Waals surface area contributed by atoms with Gasteiger partial charge in [-0.25, -0.2) is 4.98 Å². The summed E-state index contributed by atoms with van der Waals surface area (Å²) in [7, 11) is 1.71. The average molecular weight is 431 g/mol. The molecular formula is C20H23BrN4O2. The standard InChI is InChI=1S/C20H23BrN4O2/c1-27-11-7-18-23-17-13-22-16-12-14(21)5-6-15(16)20(17)25(18)10-3-9-24-8-2-4-19(24)26/h5-6,12-13H,2-4,7-11H2,1H3. The first-order chi connectivity index (χ1) is 13.2. The fourth-order valence-electron chi connectivity index (χ4n) is 3.82. The molecule has 1 aliphatic heterocycles. The van der Waals surface area contributed by atoms with Crippen molar-refractivity contribution >= 4 is 43.8 Å². The molecule has 1 aliphatic rings. The highest BCUT2D eigenvalue weighted by molar-refractivity contribution is 9.10. The molecule has 0 aliphatic carbocycles. The molecule has 6 nitrogen and oxygen atoms in total. The molecule has 27 heavy (non-hydrogen) atoms. The van der Waals surface area contributed by atoms with Crippen LogP contribution in [0.2, 0.25) is 0 Å². The van der Waals surface area contributed by atoms with Crippen LogP contribution in [0, 0.1) is 0 Å². The predicted octanol–water partition coefficient (Wildman–Crippen LogP) is 3.55. The number of pyridine rings is 1. The number of nitrogens with zero attached hydrogens (tertiary/aromatic N) is 4. The average Bonchev–Trinajstić information content (AvgIpc) is 3.23. The Balaban J connectivity index is 1.69. The molecule has 0 N–H and O–H groups in total. The van der Waals surface area contributed by atoms with E-state index in [0.29, 0.717) is 13.0 Å². The second-order valence-corrected chi connectivity index (χ2v) is 7.83. The van der Waals surface area contributed by atoms with Gasteiger partial charge in [-0.05, 0) is 31.0 Å². The predicted molar refractivity (Wildman–Crippen MR) is 109 cm³/mol. The lowest BCUT2D eigenvalue weighted by molar-refractivity contribution is -0.127. The molecule has 1 saturated heterocycles. The van der Waals surface area contributed by atoms with Crippen molar-refractivity contribution in [3.63, 3.8) is 0 Å². The van der Waals surface area contributed by atoms with Crippen molar-refractivity contribution in [3.8, 4) is 0 Å². The van der Waals surface area contributed by atoms with E-state index in [0.717, 1.165) is 71.1 Å². The summed E-state index contributed by atoms with van der Waals surface area (Å²) in [6.07, 6.45) is 5.19. The van der Waals surface area contributed by atoms with Crippen molar-refractivity contribution in [3.05, 3.63) is 34.7 Å². The van der Waals surface area contributed by atoms with Gasteiger partial charge in [-0.3, -0.25) is 9.78 Å². The van der Waals surface area contributed by atoms with E-state index >= 15 is 0 Å². The van der Waals surface area contributed by atoms with Gasteiger partial charge in [0, 0.05) is 49.4 Å². The number of methoxy groups -OCH3 is 1. The summed E-state index contributed by atoms with van der Waals surface area (Å²) in [5, 5.41) is 1.10. The molecule has 2 aromatic heterocycles. The third-order valence-electron chi connectivity index (χ3n) is 5.13. The number of halogens is 1. The summed E-state index contributed by atoms with van der Waals surface area (Å²) in [4.78, 5) is 23.2. The quantitative estimate of drug-likeness (QED) is 0.574. The molecule has 0 spiro atoms. The second kappa shape index (κ2) is 7.94. The molecule has 1 amide bonds. The van der Waals surface area contributed by atoms with Crippen molar-refractivity contribution in [2.24, 2.45) is 0 Å². The Morgan fingerprint density at radius 3 is 2.93 bits per heavy atom.